The molecule has 6 rings (SSSR count). The molecule has 4 fully saturated rings. The van der Waals surface area contributed by atoms with Gasteiger partial charge in [-0.25, -0.2) is 4.79 Å². The molecule has 2 bridgehead atoms. The van der Waals surface area contributed by atoms with E-state index < -0.39 is 0 Å². The summed E-state index contributed by atoms with van der Waals surface area (Å²) in [7, 11) is 0. The second-order valence-corrected chi connectivity index (χ2v) is 8.79. The second-order valence-electron chi connectivity index (χ2n) is 8.79. The molecule has 2 heterocycles. The van der Waals surface area contributed by atoms with Gasteiger partial charge in [0.1, 0.15) is 11.9 Å². The first-order chi connectivity index (χ1) is 14.0. The lowest BCUT2D eigenvalue weighted by Gasteiger charge is -2.61. The van der Waals surface area contributed by atoms with Crippen molar-refractivity contribution >= 4 is 17.8 Å². The Labute approximate surface area is 167 Å². The molecule has 9 heteroatoms. The Balaban J connectivity index is 1.10. The summed E-state index contributed by atoms with van der Waals surface area (Å²) in [6, 6.07) is 3.58. The lowest BCUT2D eigenvalue weighted by molar-refractivity contribution is -0.115. The van der Waals surface area contributed by atoms with Gasteiger partial charge in [0.2, 0.25) is 5.91 Å². The third-order valence-corrected chi connectivity index (χ3v) is 6.38. The molecule has 4 aliphatic carbocycles. The highest BCUT2D eigenvalue weighted by Crippen LogP contribution is 2.57. The van der Waals surface area contributed by atoms with E-state index in [9.17, 15) is 9.59 Å². The third-order valence-electron chi connectivity index (χ3n) is 6.38. The number of aromatic nitrogens is 3. The van der Waals surface area contributed by atoms with Crippen molar-refractivity contribution in [1.82, 2.24) is 20.7 Å². The molecule has 9 nitrogen and oxygen atoms in total. The quantitative estimate of drug-likeness (QED) is 0.687. The number of hydrogen-bond donors (Lipinski definition) is 3. The molecule has 29 heavy (non-hydrogen) atoms. The van der Waals surface area contributed by atoms with Gasteiger partial charge in [0, 0.05) is 29.3 Å². The van der Waals surface area contributed by atoms with E-state index in [2.05, 4.69) is 26.0 Å². The highest BCUT2D eigenvalue weighted by Gasteiger charge is 2.57. The molecular weight excluding hydrogens is 374 g/mol. The number of rotatable bonds is 6. The summed E-state index contributed by atoms with van der Waals surface area (Å²) in [5.74, 6) is 1.84. The molecule has 154 valence electrons. The lowest BCUT2D eigenvalue weighted by atomic mass is 9.50. The molecular formula is C20H25N5O4. The van der Waals surface area contributed by atoms with Crippen molar-refractivity contribution in [3.8, 4) is 0 Å². The van der Waals surface area contributed by atoms with Crippen LogP contribution in [0.25, 0.3) is 0 Å². The van der Waals surface area contributed by atoms with Crippen LogP contribution >= 0.6 is 0 Å². The molecule has 4 saturated carbocycles. The summed E-state index contributed by atoms with van der Waals surface area (Å²) in [6.45, 7) is 1.81. The maximum absolute atomic E-state index is 12.1. The minimum atomic E-state index is -0.283. The summed E-state index contributed by atoms with van der Waals surface area (Å²) >= 11 is 0. The first-order valence-corrected chi connectivity index (χ1v) is 10.2. The predicted octanol–water partition coefficient (Wildman–Crippen LogP) is 2.80. The van der Waals surface area contributed by atoms with Gasteiger partial charge in [-0.05, 0) is 51.4 Å². The maximum atomic E-state index is 12.1. The van der Waals surface area contributed by atoms with Crippen LogP contribution in [0.1, 0.15) is 61.6 Å². The largest absolute Gasteiger partial charge is 0.446 e. The fraction of sp³-hybridized carbons (Fsp3) is 0.600. The molecule has 0 saturated heterocycles. The molecule has 2 amide bonds. The van der Waals surface area contributed by atoms with E-state index in [0.717, 1.165) is 55.8 Å². The number of aromatic amines is 1. The zero-order valence-corrected chi connectivity index (χ0v) is 16.4. The Morgan fingerprint density at radius 2 is 2.14 bits per heavy atom. The Kier molecular flexibility index (Phi) is 4.33. The molecule has 4 aliphatic rings. The van der Waals surface area contributed by atoms with Gasteiger partial charge in [-0.1, -0.05) is 5.16 Å². The normalized spacial score (nSPS) is 29.6. The van der Waals surface area contributed by atoms with Gasteiger partial charge in [0.15, 0.2) is 5.82 Å². The average molecular weight is 399 g/mol. The number of nitrogens with one attached hydrogen (secondary N) is 3. The molecule has 2 atom stereocenters. The summed E-state index contributed by atoms with van der Waals surface area (Å²) in [5.41, 5.74) is 1.73. The van der Waals surface area contributed by atoms with E-state index in [1.54, 1.807) is 6.07 Å². The van der Waals surface area contributed by atoms with Crippen LogP contribution in [0.5, 0.6) is 0 Å². The molecule has 3 N–H and O–H groups in total. The SMILES string of the molecule is Cc1cc(CC(=O)Nc2cc([C@@H]3CC[C@H](OC(=O)NC45CC(C4)C5)C3)[nH]n2)on1. The van der Waals surface area contributed by atoms with Crippen LogP contribution in [-0.2, 0) is 16.0 Å². The Morgan fingerprint density at radius 3 is 2.83 bits per heavy atom. The Hall–Kier alpha value is -2.84. The highest BCUT2D eigenvalue weighted by atomic mass is 16.6. The molecule has 0 radical (unpaired) electrons. The number of nitrogens with zero attached hydrogens (tertiary/aromatic N) is 2. The van der Waals surface area contributed by atoms with Crippen molar-refractivity contribution in [2.24, 2.45) is 5.92 Å². The number of aryl methyl sites for hydroxylation is 1. The Bertz CT molecular complexity index is 918. The van der Waals surface area contributed by atoms with Crippen molar-refractivity contribution in [1.29, 1.82) is 0 Å². The number of carbonyl (C=O) groups is 2. The summed E-state index contributed by atoms with van der Waals surface area (Å²) < 4.78 is 10.7. The first kappa shape index (κ1) is 18.2. The van der Waals surface area contributed by atoms with Crippen LogP contribution in [0.2, 0.25) is 0 Å². The smallest absolute Gasteiger partial charge is 0.407 e. The van der Waals surface area contributed by atoms with E-state index in [0.29, 0.717) is 11.6 Å². The fourth-order valence-corrected chi connectivity index (χ4v) is 4.81. The molecule has 0 unspecified atom stereocenters. The van der Waals surface area contributed by atoms with Gasteiger partial charge in [-0.2, -0.15) is 5.10 Å². The van der Waals surface area contributed by atoms with Gasteiger partial charge >= 0.3 is 6.09 Å². The van der Waals surface area contributed by atoms with Gasteiger partial charge in [-0.15, -0.1) is 0 Å². The molecule has 0 aliphatic heterocycles. The first-order valence-electron chi connectivity index (χ1n) is 10.2. The van der Waals surface area contributed by atoms with Crippen molar-refractivity contribution in [3.05, 3.63) is 29.3 Å². The van der Waals surface area contributed by atoms with Crippen molar-refractivity contribution in [2.75, 3.05) is 5.32 Å². The van der Waals surface area contributed by atoms with Crippen molar-refractivity contribution in [3.63, 3.8) is 0 Å². The molecule has 2 aromatic rings. The average Bonchev–Trinajstić information content (AvgIpc) is 3.32. The van der Waals surface area contributed by atoms with Crippen LogP contribution in [0, 0.1) is 12.8 Å². The number of hydrogen-bond acceptors (Lipinski definition) is 6. The topological polar surface area (TPSA) is 122 Å². The van der Waals surface area contributed by atoms with E-state index in [4.69, 9.17) is 9.26 Å². The van der Waals surface area contributed by atoms with Gasteiger partial charge < -0.3 is 19.9 Å². The van der Waals surface area contributed by atoms with Crippen molar-refractivity contribution in [2.45, 2.75) is 69.4 Å². The zero-order chi connectivity index (χ0) is 20.0. The minimum absolute atomic E-state index is 0.0423. The van der Waals surface area contributed by atoms with Crippen LogP contribution in [0.4, 0.5) is 10.6 Å². The van der Waals surface area contributed by atoms with Gasteiger partial charge in [0.05, 0.1) is 12.1 Å². The predicted molar refractivity (Wildman–Crippen MR) is 102 cm³/mol. The van der Waals surface area contributed by atoms with Gasteiger partial charge in [-0.3, -0.25) is 9.89 Å². The van der Waals surface area contributed by atoms with E-state index in [-0.39, 0.29) is 36.0 Å². The maximum Gasteiger partial charge on any atom is 0.407 e. The van der Waals surface area contributed by atoms with Crippen LogP contribution in [0.3, 0.4) is 0 Å². The van der Waals surface area contributed by atoms with E-state index in [1.165, 1.54) is 0 Å². The number of amides is 2. The second kappa shape index (κ2) is 6.89. The molecule has 2 aromatic heterocycles. The zero-order valence-electron chi connectivity index (χ0n) is 16.4. The fourth-order valence-electron chi connectivity index (χ4n) is 4.81. The van der Waals surface area contributed by atoms with Crippen LogP contribution in [0.15, 0.2) is 16.7 Å². The van der Waals surface area contributed by atoms with Gasteiger partial charge in [0.25, 0.3) is 0 Å². The summed E-state index contributed by atoms with van der Waals surface area (Å²) in [4.78, 5) is 24.3. The number of H-pyrrole nitrogens is 1. The molecule has 0 spiro atoms. The standard InChI is InChI=1S/C20H25N5O4/c1-11-4-15(29-25-11)6-18(26)21-17-7-16(23-24-17)13-2-3-14(5-13)28-19(27)22-20-8-12(9-20)10-20/h4,7,12-14H,2-3,5-6,8-10H2,1H3,(H,22,27)(H2,21,23,24,26)/t12?,13-,14+,20?/m1/s1. The number of anilines is 1. The Morgan fingerprint density at radius 1 is 1.31 bits per heavy atom. The van der Waals surface area contributed by atoms with Crippen LogP contribution < -0.4 is 10.6 Å². The molecule has 0 aromatic carbocycles. The summed E-state index contributed by atoms with van der Waals surface area (Å²) in [6.07, 6.45) is 5.57. The van der Waals surface area contributed by atoms with E-state index >= 15 is 0 Å². The monoisotopic (exact) mass is 399 g/mol. The van der Waals surface area contributed by atoms with E-state index in [1.807, 2.05) is 13.0 Å². The number of carbonyl (C=O) groups excluding carboxylic acids is 2. The highest BCUT2D eigenvalue weighted by molar-refractivity contribution is 5.91. The minimum Gasteiger partial charge on any atom is -0.446 e. The third kappa shape index (κ3) is 3.73. The van der Waals surface area contributed by atoms with Crippen molar-refractivity contribution < 1.29 is 18.8 Å². The lowest BCUT2D eigenvalue weighted by Crippen LogP contribution is -2.68. The number of alkyl carbamates (subject to hydrolysis) is 1. The number of ether oxygens (including phenoxy) is 1. The summed E-state index contributed by atoms with van der Waals surface area (Å²) in [5, 5.41) is 16.8. The van der Waals surface area contributed by atoms with Crippen LogP contribution in [-0.4, -0.2) is 39.0 Å².